The predicted molar refractivity (Wildman–Crippen MR) is 117 cm³/mol. The van der Waals surface area contributed by atoms with Gasteiger partial charge in [-0.1, -0.05) is 42.5 Å². The second kappa shape index (κ2) is 9.46. The molecule has 3 aromatic rings. The maximum Gasteiger partial charge on any atom is 0.262 e. The summed E-state index contributed by atoms with van der Waals surface area (Å²) >= 11 is 0. The maximum atomic E-state index is 13.6. The van der Waals surface area contributed by atoms with Gasteiger partial charge in [-0.2, -0.15) is 0 Å². The first-order valence-corrected chi connectivity index (χ1v) is 10.8. The van der Waals surface area contributed by atoms with Crippen LogP contribution in [0.2, 0.25) is 0 Å². The molecule has 6 nitrogen and oxygen atoms in total. The fourth-order valence-electron chi connectivity index (χ4n) is 4.32. The monoisotopic (exact) mass is 440 g/mol. The maximum absolute atomic E-state index is 13.6. The normalized spacial score (nSPS) is 17.1. The van der Waals surface area contributed by atoms with Crippen molar-refractivity contribution in [3.05, 3.63) is 66.0 Å². The molecule has 2 atom stereocenters. The zero-order valence-corrected chi connectivity index (χ0v) is 17.9. The van der Waals surface area contributed by atoms with Crippen molar-refractivity contribution >= 4 is 22.8 Å². The minimum Gasteiger partial charge on any atom is -0.342 e. The van der Waals surface area contributed by atoms with Crippen molar-refractivity contribution in [3.8, 4) is 0 Å². The first-order chi connectivity index (χ1) is 15.5. The number of nitrogens with one attached hydrogen (secondary N) is 1. The van der Waals surface area contributed by atoms with Gasteiger partial charge < -0.3 is 14.8 Å². The van der Waals surface area contributed by atoms with Gasteiger partial charge >= 0.3 is 0 Å². The Kier molecular flexibility index (Phi) is 6.48. The number of carbonyl (C=O) groups excluding carboxylic acids is 2. The van der Waals surface area contributed by atoms with Gasteiger partial charge in [0.15, 0.2) is 0 Å². The molecule has 2 aromatic carbocycles. The van der Waals surface area contributed by atoms with E-state index in [1.165, 1.54) is 4.90 Å². The van der Waals surface area contributed by atoms with Gasteiger partial charge in [0, 0.05) is 26.4 Å². The number of nitrogens with zero attached hydrogens (tertiary/aromatic N) is 3. The summed E-state index contributed by atoms with van der Waals surface area (Å²) in [6.45, 7) is 0.449. The third-order valence-corrected chi connectivity index (χ3v) is 6.03. The Morgan fingerprint density at radius 3 is 2.56 bits per heavy atom. The fourth-order valence-corrected chi connectivity index (χ4v) is 4.32. The summed E-state index contributed by atoms with van der Waals surface area (Å²) < 4.78 is 29.2. The fraction of sp³-hybridized carbons (Fsp3) is 0.375. The highest BCUT2D eigenvalue weighted by atomic mass is 19.3. The number of para-hydroxylation sites is 2. The van der Waals surface area contributed by atoms with E-state index in [9.17, 15) is 18.4 Å². The van der Waals surface area contributed by atoms with E-state index in [2.05, 4.69) is 10.3 Å². The van der Waals surface area contributed by atoms with Crippen molar-refractivity contribution in [1.82, 2.24) is 19.8 Å². The first-order valence-electron chi connectivity index (χ1n) is 10.8. The van der Waals surface area contributed by atoms with E-state index >= 15 is 0 Å². The average molecular weight is 440 g/mol. The van der Waals surface area contributed by atoms with Gasteiger partial charge in [-0.05, 0) is 30.5 Å². The van der Waals surface area contributed by atoms with Crippen LogP contribution in [0.3, 0.4) is 0 Å². The molecule has 32 heavy (non-hydrogen) atoms. The van der Waals surface area contributed by atoms with E-state index in [1.54, 1.807) is 30.3 Å². The Morgan fingerprint density at radius 2 is 1.84 bits per heavy atom. The van der Waals surface area contributed by atoms with Crippen LogP contribution in [0.4, 0.5) is 8.78 Å². The minimum absolute atomic E-state index is 0.164. The summed E-state index contributed by atoms with van der Waals surface area (Å²) in [5.74, 6) is 0.0948. The summed E-state index contributed by atoms with van der Waals surface area (Å²) in [6, 6.07) is 13.8. The smallest absolute Gasteiger partial charge is 0.262 e. The van der Waals surface area contributed by atoms with Gasteiger partial charge in [0.2, 0.25) is 11.8 Å². The minimum atomic E-state index is -2.75. The lowest BCUT2D eigenvalue weighted by Crippen LogP contribution is -2.48. The number of aryl methyl sites for hydroxylation is 2. The van der Waals surface area contributed by atoms with Gasteiger partial charge in [0.1, 0.15) is 17.9 Å². The molecule has 1 unspecified atom stereocenters. The highest BCUT2D eigenvalue weighted by molar-refractivity contribution is 5.88. The van der Waals surface area contributed by atoms with Crippen molar-refractivity contribution in [1.29, 1.82) is 0 Å². The molecule has 8 heteroatoms. The number of imidazole rings is 1. The summed E-state index contributed by atoms with van der Waals surface area (Å²) in [7, 11) is 1.91. The van der Waals surface area contributed by atoms with E-state index in [0.717, 1.165) is 16.9 Å². The van der Waals surface area contributed by atoms with E-state index in [4.69, 9.17) is 0 Å². The molecule has 0 radical (unpaired) electrons. The van der Waals surface area contributed by atoms with Crippen LogP contribution in [0.25, 0.3) is 11.0 Å². The van der Waals surface area contributed by atoms with Crippen LogP contribution in [-0.2, 0) is 23.1 Å². The molecule has 1 saturated heterocycles. The molecule has 2 amide bonds. The zero-order chi connectivity index (χ0) is 22.7. The van der Waals surface area contributed by atoms with E-state index in [0.29, 0.717) is 31.4 Å². The van der Waals surface area contributed by atoms with Crippen molar-refractivity contribution in [2.75, 3.05) is 6.54 Å². The van der Waals surface area contributed by atoms with Crippen LogP contribution in [0.1, 0.15) is 36.7 Å². The summed E-state index contributed by atoms with van der Waals surface area (Å²) in [4.78, 5) is 31.9. The topological polar surface area (TPSA) is 67.2 Å². The lowest BCUT2D eigenvalue weighted by Gasteiger charge is -2.26. The summed E-state index contributed by atoms with van der Waals surface area (Å²) in [6.07, 6.45) is -0.962. The number of carbonyl (C=O) groups is 2. The summed E-state index contributed by atoms with van der Waals surface area (Å²) in [5, 5.41) is 2.46. The van der Waals surface area contributed by atoms with Crippen LogP contribution < -0.4 is 5.32 Å². The number of halogens is 2. The molecule has 1 aliphatic heterocycles. The Hall–Kier alpha value is -3.29. The number of hydrogen-bond donors (Lipinski definition) is 1. The number of likely N-dealkylation sites (tertiary alicyclic amines) is 1. The standard InChI is InChI=1S/C24H26F2N4O2/c1-29-18-11-6-5-10-17(18)27-20(29)13-14-21(31)30-15-7-12-19(30)24(32)28-22(23(25)26)16-8-3-2-4-9-16/h2-6,8-11,19,22-23H,7,12-15H2,1H3,(H,28,32)/t19-,22?/m0/s1. The van der Waals surface area contributed by atoms with Crippen molar-refractivity contribution in [2.24, 2.45) is 7.05 Å². The highest BCUT2D eigenvalue weighted by Gasteiger charge is 2.36. The van der Waals surface area contributed by atoms with E-state index in [-0.39, 0.29) is 12.3 Å². The van der Waals surface area contributed by atoms with Crippen LogP contribution in [0.5, 0.6) is 0 Å². The molecule has 1 aliphatic rings. The quantitative estimate of drug-likeness (QED) is 0.610. The third-order valence-electron chi connectivity index (χ3n) is 6.03. The number of rotatable bonds is 7. The van der Waals surface area contributed by atoms with Gasteiger partial charge in [-0.15, -0.1) is 0 Å². The van der Waals surface area contributed by atoms with Crippen molar-refractivity contribution < 1.29 is 18.4 Å². The van der Waals surface area contributed by atoms with Gasteiger partial charge in [0.05, 0.1) is 11.0 Å². The highest BCUT2D eigenvalue weighted by Crippen LogP contribution is 2.24. The van der Waals surface area contributed by atoms with Crippen LogP contribution in [0, 0.1) is 0 Å². The SMILES string of the molecule is Cn1c(CCC(=O)N2CCC[C@H]2C(=O)NC(c2ccccc2)C(F)F)nc2ccccc21. The predicted octanol–water partition coefficient (Wildman–Crippen LogP) is 3.62. The zero-order valence-electron chi connectivity index (χ0n) is 17.9. The second-order valence-electron chi connectivity index (χ2n) is 8.05. The average Bonchev–Trinajstić information content (AvgIpc) is 3.41. The van der Waals surface area contributed by atoms with Gasteiger partial charge in [-0.25, -0.2) is 13.8 Å². The van der Waals surface area contributed by atoms with Crippen LogP contribution >= 0.6 is 0 Å². The number of fused-ring (bicyclic) bond motifs is 1. The van der Waals surface area contributed by atoms with Crippen molar-refractivity contribution in [2.45, 2.75) is 44.2 Å². The molecule has 0 aliphatic carbocycles. The number of amides is 2. The Labute approximate surface area is 185 Å². The van der Waals surface area contributed by atoms with Gasteiger partial charge in [-0.3, -0.25) is 9.59 Å². The van der Waals surface area contributed by atoms with E-state index < -0.39 is 24.4 Å². The molecule has 168 valence electrons. The molecule has 1 aromatic heterocycles. The van der Waals surface area contributed by atoms with E-state index in [1.807, 2.05) is 35.9 Å². The molecule has 0 spiro atoms. The molecule has 1 fully saturated rings. The van der Waals surface area contributed by atoms with Crippen LogP contribution in [-0.4, -0.2) is 45.3 Å². The van der Waals surface area contributed by atoms with Crippen LogP contribution in [0.15, 0.2) is 54.6 Å². The Balaban J connectivity index is 1.41. The number of hydrogen-bond acceptors (Lipinski definition) is 3. The second-order valence-corrected chi connectivity index (χ2v) is 8.05. The lowest BCUT2D eigenvalue weighted by molar-refractivity contribution is -0.139. The van der Waals surface area contributed by atoms with Crippen molar-refractivity contribution in [3.63, 3.8) is 0 Å². The molecular weight excluding hydrogens is 414 g/mol. The molecule has 1 N–H and O–H groups in total. The molecule has 2 heterocycles. The Bertz CT molecular complexity index is 1100. The summed E-state index contributed by atoms with van der Waals surface area (Å²) in [5.41, 5.74) is 2.20. The number of alkyl halides is 2. The Morgan fingerprint density at radius 1 is 1.12 bits per heavy atom. The first kappa shape index (κ1) is 21.9. The molecule has 0 saturated carbocycles. The number of aromatic nitrogens is 2. The largest absolute Gasteiger partial charge is 0.342 e. The third kappa shape index (κ3) is 4.49. The molecule has 4 rings (SSSR count). The van der Waals surface area contributed by atoms with Gasteiger partial charge in [0.25, 0.3) is 6.43 Å². The molecular formula is C24H26F2N4O2. The lowest BCUT2D eigenvalue weighted by atomic mass is 10.1. The molecule has 0 bridgehead atoms. The number of benzene rings is 2.